The molecule has 12 nitrogen and oxygen atoms in total. The number of benzene rings is 2. The Morgan fingerprint density at radius 1 is 0.982 bits per heavy atom. The summed E-state index contributed by atoms with van der Waals surface area (Å²) in [5.41, 5.74) is 8.26. The number of alkyl halides is 3. The van der Waals surface area contributed by atoms with E-state index >= 15 is 0 Å². The van der Waals surface area contributed by atoms with Crippen molar-refractivity contribution in [2.45, 2.75) is 51.9 Å². The largest absolute Gasteiger partial charge is 0.443 e. The van der Waals surface area contributed by atoms with Gasteiger partial charge in [-0.05, 0) is 69.3 Å². The van der Waals surface area contributed by atoms with Gasteiger partial charge in [0.1, 0.15) is 11.3 Å². The molecule has 1 fully saturated rings. The molecule has 0 spiro atoms. The monoisotopic (exact) mass is 756 g/mol. The van der Waals surface area contributed by atoms with E-state index < -0.39 is 35.2 Å². The van der Waals surface area contributed by atoms with E-state index in [1.165, 1.54) is 18.3 Å². The highest BCUT2D eigenvalue weighted by molar-refractivity contribution is 6.05. The zero-order valence-corrected chi connectivity index (χ0v) is 31.4. The molecule has 6 rings (SSSR count). The van der Waals surface area contributed by atoms with Crippen LogP contribution in [0.1, 0.15) is 64.6 Å². The minimum atomic E-state index is -4.58. The van der Waals surface area contributed by atoms with E-state index in [1.54, 1.807) is 58.2 Å². The summed E-state index contributed by atoms with van der Waals surface area (Å²) in [6, 6.07) is 12.5. The number of fused-ring (bicyclic) bond motifs is 1. The van der Waals surface area contributed by atoms with Crippen molar-refractivity contribution in [1.82, 2.24) is 29.2 Å². The maximum Gasteiger partial charge on any atom is 0.417 e. The Labute approximate surface area is 317 Å². The highest BCUT2D eigenvalue weighted by Crippen LogP contribution is 2.35. The first-order valence-corrected chi connectivity index (χ1v) is 17.8. The predicted molar refractivity (Wildman–Crippen MR) is 201 cm³/mol. The number of rotatable bonds is 6. The Morgan fingerprint density at radius 3 is 2.44 bits per heavy atom. The number of carbonyl (C=O) groups is 3. The number of hydrogen-bond acceptors (Lipinski definition) is 9. The second-order valence-electron chi connectivity index (χ2n) is 14.8. The van der Waals surface area contributed by atoms with Crippen LogP contribution in [0.25, 0.3) is 11.4 Å². The van der Waals surface area contributed by atoms with Gasteiger partial charge in [-0.2, -0.15) is 13.2 Å². The zero-order valence-electron chi connectivity index (χ0n) is 31.4. The van der Waals surface area contributed by atoms with Crippen molar-refractivity contribution >= 4 is 29.5 Å². The first-order valence-electron chi connectivity index (χ1n) is 17.8. The number of piperazine rings is 1. The lowest BCUT2D eigenvalue weighted by atomic mass is 10.0. The van der Waals surface area contributed by atoms with Crippen molar-refractivity contribution < 1.29 is 32.3 Å². The molecule has 4 aromatic rings. The van der Waals surface area contributed by atoms with Gasteiger partial charge in [-0.25, -0.2) is 19.7 Å². The van der Waals surface area contributed by atoms with Crippen LogP contribution < -0.4 is 11.1 Å². The molecule has 2 aliphatic rings. The highest BCUT2D eigenvalue weighted by Gasteiger charge is 2.36. The lowest BCUT2D eigenvalue weighted by Gasteiger charge is -2.33. The molecule has 3 N–H and O–H groups in total. The van der Waals surface area contributed by atoms with Gasteiger partial charge in [-0.15, -0.1) is 0 Å². The maximum atomic E-state index is 14.1. The Hall–Kier alpha value is -5.72. The number of ether oxygens (including phenoxy) is 1. The summed E-state index contributed by atoms with van der Waals surface area (Å²) < 4.78 is 49.5. The fourth-order valence-corrected chi connectivity index (χ4v) is 6.59. The first-order chi connectivity index (χ1) is 25.9. The van der Waals surface area contributed by atoms with Gasteiger partial charge in [0.25, 0.3) is 5.91 Å². The van der Waals surface area contributed by atoms with Crippen LogP contribution in [0.15, 0.2) is 54.7 Å². The lowest BCUT2D eigenvalue weighted by molar-refractivity contribution is -0.138. The Morgan fingerprint density at radius 2 is 1.73 bits per heavy atom. The van der Waals surface area contributed by atoms with Gasteiger partial charge in [0, 0.05) is 75.9 Å². The average molecular weight is 757 g/mol. The molecule has 55 heavy (non-hydrogen) atoms. The van der Waals surface area contributed by atoms with Crippen molar-refractivity contribution in [1.29, 1.82) is 0 Å². The van der Waals surface area contributed by atoms with Crippen molar-refractivity contribution in [3.8, 4) is 23.2 Å². The molecule has 1 saturated heterocycles. The molecular weight excluding hydrogens is 713 g/mol. The number of nitrogens with two attached hydrogens (primary N) is 1. The molecule has 4 heterocycles. The summed E-state index contributed by atoms with van der Waals surface area (Å²) in [6.45, 7) is 8.46. The van der Waals surface area contributed by atoms with E-state index in [4.69, 9.17) is 10.5 Å². The van der Waals surface area contributed by atoms with E-state index in [9.17, 15) is 27.6 Å². The second-order valence-corrected chi connectivity index (χ2v) is 14.8. The maximum absolute atomic E-state index is 14.1. The third kappa shape index (κ3) is 9.33. The molecule has 288 valence electrons. The third-order valence-corrected chi connectivity index (χ3v) is 9.39. The van der Waals surface area contributed by atoms with Crippen molar-refractivity contribution in [2.75, 3.05) is 50.8 Å². The fourth-order valence-electron chi connectivity index (χ4n) is 6.59. The van der Waals surface area contributed by atoms with E-state index in [-0.39, 0.29) is 36.7 Å². The quantitative estimate of drug-likeness (QED) is 0.250. The van der Waals surface area contributed by atoms with Gasteiger partial charge in [0.05, 0.1) is 28.8 Å². The summed E-state index contributed by atoms with van der Waals surface area (Å²) >= 11 is 0. The Kier molecular flexibility index (Phi) is 11.0. The number of nitrogens with one attached hydrogen (secondary N) is 1. The van der Waals surface area contributed by atoms with Crippen LogP contribution in [0.3, 0.4) is 0 Å². The fraction of sp³-hybridized carbons (Fsp3) is 0.375. The van der Waals surface area contributed by atoms with Crippen LogP contribution >= 0.6 is 0 Å². The second kappa shape index (κ2) is 15.6. The van der Waals surface area contributed by atoms with Crippen LogP contribution in [0.2, 0.25) is 0 Å². The number of likely N-dealkylation sites (N-methyl/N-ethyl adjacent to an activating group) is 1. The smallest absolute Gasteiger partial charge is 0.417 e. The van der Waals surface area contributed by atoms with Crippen LogP contribution in [-0.4, -0.2) is 92.5 Å². The lowest BCUT2D eigenvalue weighted by Crippen LogP contribution is -2.44. The van der Waals surface area contributed by atoms with Gasteiger partial charge < -0.3 is 25.3 Å². The summed E-state index contributed by atoms with van der Waals surface area (Å²) in [7, 11) is 3.78. The number of amides is 3. The van der Waals surface area contributed by atoms with Crippen molar-refractivity contribution in [2.24, 2.45) is 7.05 Å². The van der Waals surface area contributed by atoms with Crippen LogP contribution in [0.4, 0.5) is 29.6 Å². The van der Waals surface area contributed by atoms with Crippen LogP contribution in [0.5, 0.6) is 0 Å². The minimum Gasteiger partial charge on any atom is -0.443 e. The van der Waals surface area contributed by atoms with Gasteiger partial charge in [-0.3, -0.25) is 14.5 Å². The minimum absolute atomic E-state index is 0.00136. The number of anilines is 2. The number of imide groups is 1. The van der Waals surface area contributed by atoms with E-state index in [1.807, 2.05) is 16.5 Å². The summed E-state index contributed by atoms with van der Waals surface area (Å²) in [5, 5.41) is 2.62. The average Bonchev–Trinajstić information content (AvgIpc) is 3.45. The Balaban J connectivity index is 1.17. The molecule has 15 heteroatoms. The Bertz CT molecular complexity index is 2190. The van der Waals surface area contributed by atoms with E-state index in [2.05, 4.69) is 32.0 Å². The van der Waals surface area contributed by atoms with Gasteiger partial charge in [0.15, 0.2) is 0 Å². The molecule has 0 bridgehead atoms. The predicted octanol–water partition coefficient (Wildman–Crippen LogP) is 5.34. The molecule has 3 amide bonds. The topological polar surface area (TPSA) is 139 Å². The van der Waals surface area contributed by atoms with Gasteiger partial charge in [0.2, 0.25) is 11.9 Å². The summed E-state index contributed by atoms with van der Waals surface area (Å²) in [6.07, 6.45) is -3.50. The number of nitrogen functional groups attached to an aromatic ring is 1. The first kappa shape index (κ1) is 39.0. The van der Waals surface area contributed by atoms with E-state index in [0.717, 1.165) is 29.7 Å². The standard InChI is InChI=1S/C40H43F3N8O4/c1-39(2,3)55-38(54)51-14-13-32-30(36(51)53)22-33(49(32)5)35-27(23-45-37(44)47-35)10-9-25-7-6-8-26(19-25)20-34(52)46-29-12-11-28(31(21-29)40(41,42)43)24-50-17-15-48(4)16-18-50/h6-8,11-12,19,21-23H,13-18,20,24H2,1-5H3,(H,46,52)(H2,44,45,47). The number of carbonyl (C=O) groups excluding carboxylic acids is 3. The molecule has 0 atom stereocenters. The number of nitrogens with zero attached hydrogens (tertiary/aromatic N) is 6. The number of halogens is 3. The van der Waals surface area contributed by atoms with E-state index in [0.29, 0.717) is 53.2 Å². The van der Waals surface area contributed by atoms with Crippen molar-refractivity contribution in [3.63, 3.8) is 0 Å². The van der Waals surface area contributed by atoms with Crippen LogP contribution in [-0.2, 0) is 42.1 Å². The molecule has 2 aliphatic heterocycles. The molecule has 0 saturated carbocycles. The molecule has 0 radical (unpaired) electrons. The van der Waals surface area contributed by atoms with Gasteiger partial charge in [-0.1, -0.05) is 30.0 Å². The summed E-state index contributed by atoms with van der Waals surface area (Å²) in [5.74, 6) is 5.19. The third-order valence-electron chi connectivity index (χ3n) is 9.39. The highest BCUT2D eigenvalue weighted by atomic mass is 19.4. The normalized spacial score (nSPS) is 15.3. The number of aromatic nitrogens is 3. The zero-order chi connectivity index (χ0) is 39.7. The number of hydrogen-bond donors (Lipinski definition) is 2. The molecular formula is C40H43F3N8O4. The van der Waals surface area contributed by atoms with Crippen molar-refractivity contribution in [3.05, 3.63) is 93.8 Å². The molecule has 2 aromatic carbocycles. The summed E-state index contributed by atoms with van der Waals surface area (Å²) in [4.78, 5) is 53.0. The molecule has 2 aromatic heterocycles. The SMILES string of the molecule is CN1CCN(Cc2ccc(NC(=O)Cc3cccc(C#Cc4cnc(N)nc4-c4cc5c(n4C)CCN(C(=O)OC(C)(C)C)C5=O)c3)cc2C(F)(F)F)CC1. The van der Waals surface area contributed by atoms with Crippen LogP contribution in [0, 0.1) is 11.8 Å². The molecule has 0 unspecified atom stereocenters. The molecule has 0 aliphatic carbocycles. The van der Waals surface area contributed by atoms with Gasteiger partial charge >= 0.3 is 12.3 Å².